The molecule has 9 nitrogen and oxygen atoms in total. The van der Waals surface area contributed by atoms with E-state index in [1.807, 2.05) is 6.07 Å². The summed E-state index contributed by atoms with van der Waals surface area (Å²) in [5, 5.41) is 21.1. The van der Waals surface area contributed by atoms with Gasteiger partial charge in [0.25, 0.3) is 11.6 Å². The van der Waals surface area contributed by atoms with Crippen LogP contribution in [-0.4, -0.2) is 32.6 Å². The zero-order chi connectivity index (χ0) is 27.9. The van der Waals surface area contributed by atoms with Crippen LogP contribution < -0.4 is 10.6 Å². The first-order chi connectivity index (χ1) is 18.5. The van der Waals surface area contributed by atoms with Crippen molar-refractivity contribution in [2.45, 2.75) is 18.1 Å². The highest BCUT2D eigenvalue weighted by Gasteiger charge is 2.41. The number of anilines is 1. The Morgan fingerprint density at radius 2 is 1.82 bits per heavy atom. The Kier molecular flexibility index (Phi) is 6.68. The average molecular weight is 600 g/mol. The number of halogens is 4. The molecule has 39 heavy (non-hydrogen) atoms. The van der Waals surface area contributed by atoms with Gasteiger partial charge in [-0.15, -0.1) is 0 Å². The second-order valence-corrected chi connectivity index (χ2v) is 9.60. The SMILES string of the molecule is O=C(N[C@@H]1C(=O)Nc2c(cnn2-c2cccc(Br)c2)[C@H]1c1cccc([N+](=O)[O-])c1)c1cccc(C(F)(F)F)c1. The molecule has 0 radical (unpaired) electrons. The van der Waals surface area contributed by atoms with Crippen molar-refractivity contribution in [2.75, 3.05) is 5.32 Å². The van der Waals surface area contributed by atoms with Gasteiger partial charge in [0.05, 0.1) is 22.4 Å². The van der Waals surface area contributed by atoms with Gasteiger partial charge < -0.3 is 10.6 Å². The van der Waals surface area contributed by atoms with Crippen LogP contribution in [0.25, 0.3) is 5.69 Å². The van der Waals surface area contributed by atoms with E-state index in [4.69, 9.17) is 0 Å². The first-order valence-electron chi connectivity index (χ1n) is 11.4. The third kappa shape index (κ3) is 5.12. The van der Waals surface area contributed by atoms with E-state index in [-0.39, 0.29) is 11.3 Å². The number of carbonyl (C=O) groups excluding carboxylic acids is 2. The van der Waals surface area contributed by atoms with E-state index < -0.39 is 40.4 Å². The number of nitrogens with zero attached hydrogens (tertiary/aromatic N) is 3. The smallest absolute Gasteiger partial charge is 0.339 e. The largest absolute Gasteiger partial charge is 0.416 e. The van der Waals surface area contributed by atoms with Crippen LogP contribution in [0.5, 0.6) is 0 Å². The Hall–Kier alpha value is -4.52. The van der Waals surface area contributed by atoms with E-state index in [1.54, 1.807) is 24.3 Å². The lowest BCUT2D eigenvalue weighted by atomic mass is 9.83. The van der Waals surface area contributed by atoms with E-state index >= 15 is 0 Å². The van der Waals surface area contributed by atoms with E-state index in [0.717, 1.165) is 16.6 Å². The Labute approximate surface area is 226 Å². The lowest BCUT2D eigenvalue weighted by Crippen LogP contribution is -2.50. The van der Waals surface area contributed by atoms with Gasteiger partial charge in [0, 0.05) is 33.7 Å². The highest BCUT2D eigenvalue weighted by Crippen LogP contribution is 2.39. The number of carbonyl (C=O) groups is 2. The summed E-state index contributed by atoms with van der Waals surface area (Å²) in [5.74, 6) is -2.24. The predicted molar refractivity (Wildman–Crippen MR) is 138 cm³/mol. The van der Waals surface area contributed by atoms with Crippen LogP contribution in [0.2, 0.25) is 0 Å². The number of nitrogens with one attached hydrogen (secondary N) is 2. The van der Waals surface area contributed by atoms with E-state index in [0.29, 0.717) is 28.7 Å². The Morgan fingerprint density at radius 3 is 2.54 bits per heavy atom. The molecular formula is C26H17BrF3N5O4. The third-order valence-electron chi connectivity index (χ3n) is 6.22. The molecule has 0 spiro atoms. The molecule has 1 aliphatic heterocycles. The minimum atomic E-state index is -4.67. The van der Waals surface area contributed by atoms with Crippen LogP contribution in [-0.2, 0) is 11.0 Å². The van der Waals surface area contributed by atoms with Gasteiger partial charge in [-0.3, -0.25) is 19.7 Å². The maximum absolute atomic E-state index is 13.4. The number of alkyl halides is 3. The van der Waals surface area contributed by atoms with Crippen LogP contribution in [0, 0.1) is 10.1 Å². The first kappa shape index (κ1) is 26.1. The second-order valence-electron chi connectivity index (χ2n) is 8.69. The minimum Gasteiger partial charge on any atom is -0.339 e. The molecule has 0 unspecified atom stereocenters. The number of fused-ring (bicyclic) bond motifs is 1. The summed E-state index contributed by atoms with van der Waals surface area (Å²) in [7, 11) is 0. The Balaban J connectivity index is 1.59. The van der Waals surface area contributed by atoms with Crippen LogP contribution in [0.15, 0.2) is 83.5 Å². The zero-order valence-corrected chi connectivity index (χ0v) is 21.2. The second kappa shape index (κ2) is 9.98. The maximum Gasteiger partial charge on any atom is 0.416 e. The molecule has 4 aromatic rings. The number of non-ortho nitro benzene ring substituents is 1. The van der Waals surface area contributed by atoms with Gasteiger partial charge in [0.15, 0.2) is 0 Å². The van der Waals surface area contributed by atoms with Gasteiger partial charge in [-0.2, -0.15) is 18.3 Å². The number of aromatic nitrogens is 2. The molecule has 1 aliphatic rings. The number of hydrogen-bond acceptors (Lipinski definition) is 5. The van der Waals surface area contributed by atoms with Gasteiger partial charge in [-0.05, 0) is 42.0 Å². The standard InChI is InChI=1S/C26H17BrF3N5O4/c27-17-7-3-8-18(12-17)34-23-20(13-31-34)21(14-4-2-9-19(11-14)35(38)39)22(25(37)33-23)32-24(36)15-5-1-6-16(10-15)26(28,29)30/h1-13,21-22H,(H,32,36)(H,33,37)/t21-,22+/m1/s1. The number of benzene rings is 3. The molecule has 2 atom stereocenters. The molecule has 2 N–H and O–H groups in total. The van der Waals surface area contributed by atoms with Crippen molar-refractivity contribution in [3.05, 3.63) is 116 Å². The molecule has 198 valence electrons. The van der Waals surface area contributed by atoms with E-state index in [1.165, 1.54) is 35.1 Å². The number of amides is 2. The highest BCUT2D eigenvalue weighted by atomic mass is 79.9. The summed E-state index contributed by atoms with van der Waals surface area (Å²) >= 11 is 3.39. The molecule has 13 heteroatoms. The monoisotopic (exact) mass is 599 g/mol. The summed E-state index contributed by atoms with van der Waals surface area (Å²) < 4.78 is 41.9. The molecule has 1 aromatic heterocycles. The average Bonchev–Trinajstić information content (AvgIpc) is 3.31. The zero-order valence-electron chi connectivity index (χ0n) is 19.6. The summed E-state index contributed by atoms with van der Waals surface area (Å²) in [6.07, 6.45) is -3.19. The van der Waals surface area contributed by atoms with E-state index in [2.05, 4.69) is 31.7 Å². The number of nitro groups is 1. The normalized spacial score (nSPS) is 16.8. The fraction of sp³-hybridized carbons (Fsp3) is 0.115. The number of rotatable bonds is 5. The topological polar surface area (TPSA) is 119 Å². The predicted octanol–water partition coefficient (Wildman–Crippen LogP) is 5.44. The fourth-order valence-electron chi connectivity index (χ4n) is 4.46. The van der Waals surface area contributed by atoms with Gasteiger partial charge >= 0.3 is 6.18 Å². The van der Waals surface area contributed by atoms with Gasteiger partial charge in [-0.1, -0.05) is 40.2 Å². The van der Waals surface area contributed by atoms with Crippen LogP contribution in [0.3, 0.4) is 0 Å². The molecule has 0 saturated carbocycles. The van der Waals surface area contributed by atoms with Crippen molar-refractivity contribution in [3.8, 4) is 5.69 Å². The summed E-state index contributed by atoms with van der Waals surface area (Å²) in [6.45, 7) is 0. The van der Waals surface area contributed by atoms with Crippen molar-refractivity contribution < 1.29 is 27.7 Å². The number of hydrogen-bond donors (Lipinski definition) is 2. The Bertz CT molecular complexity index is 1620. The molecule has 0 saturated heterocycles. The molecule has 5 rings (SSSR count). The molecule has 3 aromatic carbocycles. The quantitative estimate of drug-likeness (QED) is 0.234. The lowest BCUT2D eigenvalue weighted by Gasteiger charge is -2.32. The summed E-state index contributed by atoms with van der Waals surface area (Å²) in [4.78, 5) is 37.4. The first-order valence-corrected chi connectivity index (χ1v) is 12.2. The maximum atomic E-state index is 13.4. The van der Waals surface area contributed by atoms with Gasteiger partial charge in [0.1, 0.15) is 11.9 Å². The lowest BCUT2D eigenvalue weighted by molar-refractivity contribution is -0.384. The molecule has 2 heterocycles. The molecule has 0 aliphatic carbocycles. The fourth-order valence-corrected chi connectivity index (χ4v) is 4.84. The van der Waals surface area contributed by atoms with Gasteiger partial charge in [0.2, 0.25) is 5.91 Å². The molecule has 0 fully saturated rings. The van der Waals surface area contributed by atoms with Crippen LogP contribution in [0.4, 0.5) is 24.7 Å². The van der Waals surface area contributed by atoms with Crippen molar-refractivity contribution in [2.24, 2.45) is 0 Å². The van der Waals surface area contributed by atoms with Crippen LogP contribution in [0.1, 0.15) is 33.0 Å². The van der Waals surface area contributed by atoms with E-state index in [9.17, 15) is 32.9 Å². The van der Waals surface area contributed by atoms with Crippen molar-refractivity contribution in [1.82, 2.24) is 15.1 Å². The summed E-state index contributed by atoms with van der Waals surface area (Å²) in [6, 6.07) is 15.2. The van der Waals surface area contributed by atoms with Crippen molar-refractivity contribution in [3.63, 3.8) is 0 Å². The molecular weight excluding hydrogens is 583 g/mol. The minimum absolute atomic E-state index is 0.234. The van der Waals surface area contributed by atoms with Crippen molar-refractivity contribution in [1.29, 1.82) is 0 Å². The van der Waals surface area contributed by atoms with Crippen LogP contribution >= 0.6 is 15.9 Å². The van der Waals surface area contributed by atoms with Crippen molar-refractivity contribution >= 4 is 39.2 Å². The summed E-state index contributed by atoms with van der Waals surface area (Å²) in [5.41, 5.74) is -0.160. The van der Waals surface area contributed by atoms with Gasteiger partial charge in [-0.25, -0.2) is 4.68 Å². The molecule has 2 amide bonds. The third-order valence-corrected chi connectivity index (χ3v) is 6.71. The Morgan fingerprint density at radius 1 is 1.08 bits per heavy atom. The number of nitro benzene ring substituents is 1. The highest BCUT2D eigenvalue weighted by molar-refractivity contribution is 9.10. The molecule has 0 bridgehead atoms.